The molecule has 0 radical (unpaired) electrons. The van der Waals surface area contributed by atoms with Gasteiger partial charge in [-0.2, -0.15) is 4.31 Å². The molecule has 12 heteroatoms. The number of aromatic amines is 1. The lowest BCUT2D eigenvalue weighted by molar-refractivity contribution is 0.0380. The van der Waals surface area contributed by atoms with Crippen molar-refractivity contribution in [3.8, 4) is 11.4 Å². The van der Waals surface area contributed by atoms with Gasteiger partial charge in [0.05, 0.1) is 42.4 Å². The van der Waals surface area contributed by atoms with Crippen molar-refractivity contribution in [3.05, 3.63) is 41.4 Å². The molecule has 2 fully saturated rings. The van der Waals surface area contributed by atoms with E-state index in [2.05, 4.69) is 14.8 Å². The van der Waals surface area contributed by atoms with Crippen LogP contribution in [-0.4, -0.2) is 105 Å². The molecule has 1 N–H and O–H groups in total. The molecule has 0 spiro atoms. The van der Waals surface area contributed by atoms with Gasteiger partial charge in [0.15, 0.2) is 11.6 Å². The van der Waals surface area contributed by atoms with Crippen LogP contribution in [0.2, 0.25) is 0 Å². The van der Waals surface area contributed by atoms with Crippen molar-refractivity contribution in [1.29, 1.82) is 0 Å². The molecule has 5 heterocycles. The zero-order valence-corrected chi connectivity index (χ0v) is 23.8. The van der Waals surface area contributed by atoms with Crippen LogP contribution in [0.5, 0.6) is 0 Å². The van der Waals surface area contributed by atoms with Crippen molar-refractivity contribution < 1.29 is 17.9 Å². The van der Waals surface area contributed by atoms with Gasteiger partial charge >= 0.3 is 0 Å². The Kier molecular flexibility index (Phi) is 7.83. The molecule has 10 nitrogen and oxygen atoms in total. The molecule has 2 saturated heterocycles. The van der Waals surface area contributed by atoms with E-state index in [1.165, 1.54) is 4.31 Å². The summed E-state index contributed by atoms with van der Waals surface area (Å²) in [4.78, 5) is 18.8. The molecule has 2 aliphatic heterocycles. The van der Waals surface area contributed by atoms with Gasteiger partial charge in [0.1, 0.15) is 0 Å². The Morgan fingerprint density at radius 2 is 1.82 bits per heavy atom. The number of nitrogens with one attached hydrogen (secondary N) is 1. The summed E-state index contributed by atoms with van der Waals surface area (Å²) in [5.41, 5.74) is 2.85. The Hall–Kier alpha value is -2.61. The normalized spacial score (nSPS) is 17.5. The van der Waals surface area contributed by atoms with Crippen molar-refractivity contribution in [2.45, 2.75) is 13.0 Å². The fraction of sp³-hybridized carbons (Fsp3) is 0.481. The van der Waals surface area contributed by atoms with Crippen LogP contribution in [0.4, 0.5) is 5.82 Å². The van der Waals surface area contributed by atoms with Gasteiger partial charge in [0.2, 0.25) is 10.0 Å². The smallest absolute Gasteiger partial charge is 0.214 e. The molecule has 0 aliphatic carbocycles. The highest BCUT2D eigenvalue weighted by Crippen LogP contribution is 2.36. The average Bonchev–Trinajstić information content (AvgIpc) is 3.60. The largest absolute Gasteiger partial charge is 0.379 e. The van der Waals surface area contributed by atoms with E-state index in [9.17, 15) is 8.42 Å². The minimum absolute atomic E-state index is 0.134. The van der Waals surface area contributed by atoms with Gasteiger partial charge in [0.25, 0.3) is 0 Å². The van der Waals surface area contributed by atoms with E-state index in [0.717, 1.165) is 83.3 Å². The number of anilines is 1. The van der Waals surface area contributed by atoms with E-state index >= 15 is 0 Å². The number of thiophene rings is 1. The molecular weight excluding hydrogens is 536 g/mol. The Morgan fingerprint density at radius 3 is 2.62 bits per heavy atom. The second kappa shape index (κ2) is 11.5. The molecular formula is C27H34N6O4S2. The zero-order chi connectivity index (χ0) is 26.8. The van der Waals surface area contributed by atoms with Gasteiger partial charge in [-0.05, 0) is 31.2 Å². The predicted molar refractivity (Wildman–Crippen MR) is 155 cm³/mol. The van der Waals surface area contributed by atoms with Crippen molar-refractivity contribution in [2.24, 2.45) is 0 Å². The summed E-state index contributed by atoms with van der Waals surface area (Å²) in [5.74, 6) is 1.69. The number of sulfonamides is 1. The average molecular weight is 571 g/mol. The van der Waals surface area contributed by atoms with E-state index in [1.807, 2.05) is 36.5 Å². The first-order valence-corrected chi connectivity index (χ1v) is 15.8. The lowest BCUT2D eigenvalue weighted by Gasteiger charge is -2.28. The van der Waals surface area contributed by atoms with Crippen molar-refractivity contribution in [1.82, 2.24) is 24.2 Å². The predicted octanol–water partition coefficient (Wildman–Crippen LogP) is 3.16. The first-order chi connectivity index (χ1) is 19.0. The van der Waals surface area contributed by atoms with Crippen LogP contribution in [0.25, 0.3) is 32.5 Å². The highest BCUT2D eigenvalue weighted by molar-refractivity contribution is 7.89. The molecule has 1 aromatic carbocycles. The van der Waals surface area contributed by atoms with Crippen LogP contribution >= 0.6 is 11.3 Å². The quantitative estimate of drug-likeness (QED) is 0.327. The fourth-order valence-electron chi connectivity index (χ4n) is 5.20. The van der Waals surface area contributed by atoms with Gasteiger partial charge < -0.3 is 19.4 Å². The SMILES string of the molecule is CN(Cc1cc2nc(-c3cccc4[nH]ccc34)nc(N3CCOCC3)c2s1)S(=O)(=O)CCCN1CCOCC1. The summed E-state index contributed by atoms with van der Waals surface area (Å²) >= 11 is 1.58. The number of fused-ring (bicyclic) bond motifs is 2. The van der Waals surface area contributed by atoms with Crippen molar-refractivity contribution in [3.63, 3.8) is 0 Å². The minimum Gasteiger partial charge on any atom is -0.379 e. The minimum atomic E-state index is -3.38. The van der Waals surface area contributed by atoms with Crippen molar-refractivity contribution >= 4 is 48.3 Å². The number of aromatic nitrogens is 3. The highest BCUT2D eigenvalue weighted by atomic mass is 32.2. The summed E-state index contributed by atoms with van der Waals surface area (Å²) in [6, 6.07) is 10.2. The van der Waals surface area contributed by atoms with E-state index in [0.29, 0.717) is 32.0 Å². The second-order valence-electron chi connectivity index (χ2n) is 10.0. The van der Waals surface area contributed by atoms with Crippen LogP contribution in [0.15, 0.2) is 36.5 Å². The molecule has 0 atom stereocenters. The van der Waals surface area contributed by atoms with Crippen LogP contribution in [0, 0.1) is 0 Å². The monoisotopic (exact) mass is 570 g/mol. The number of hydrogen-bond acceptors (Lipinski definition) is 9. The first-order valence-electron chi connectivity index (χ1n) is 13.4. The number of ether oxygens (including phenoxy) is 2. The van der Waals surface area contributed by atoms with E-state index in [-0.39, 0.29) is 5.75 Å². The standard InChI is InChI=1S/C27H34N6O4S2/c1-31(39(34,35)17-3-8-32-9-13-36-14-10-32)19-20-18-24-25(38-20)27(33-11-15-37-16-12-33)30-26(29-24)22-4-2-5-23-21(22)6-7-28-23/h2,4-7,18,28H,3,8-17,19H2,1H3. The molecule has 208 valence electrons. The summed E-state index contributed by atoms with van der Waals surface area (Å²) in [7, 11) is -1.71. The molecule has 0 bridgehead atoms. The van der Waals surface area contributed by atoms with Gasteiger partial charge in [-0.15, -0.1) is 11.3 Å². The Balaban J connectivity index is 1.26. The lowest BCUT2D eigenvalue weighted by Crippen LogP contribution is -2.38. The molecule has 4 aromatic rings. The van der Waals surface area contributed by atoms with Gasteiger partial charge in [-0.25, -0.2) is 18.4 Å². The van der Waals surface area contributed by atoms with Crippen LogP contribution in [0.3, 0.4) is 0 Å². The molecule has 0 saturated carbocycles. The number of benzene rings is 1. The van der Waals surface area contributed by atoms with E-state index in [4.69, 9.17) is 19.4 Å². The molecule has 3 aromatic heterocycles. The van der Waals surface area contributed by atoms with E-state index in [1.54, 1.807) is 18.4 Å². The topological polar surface area (TPSA) is 104 Å². The molecule has 2 aliphatic rings. The lowest BCUT2D eigenvalue weighted by atomic mass is 10.1. The Morgan fingerprint density at radius 1 is 1.05 bits per heavy atom. The molecule has 0 unspecified atom stereocenters. The van der Waals surface area contributed by atoms with Gasteiger partial charge in [-0.3, -0.25) is 4.90 Å². The fourth-order valence-corrected chi connectivity index (χ4v) is 7.59. The summed E-state index contributed by atoms with van der Waals surface area (Å²) < 4.78 is 39.6. The Bertz CT molecular complexity index is 1540. The van der Waals surface area contributed by atoms with Gasteiger partial charge in [-0.1, -0.05) is 12.1 Å². The summed E-state index contributed by atoms with van der Waals surface area (Å²) in [6.07, 6.45) is 2.54. The third kappa shape index (κ3) is 5.81. The third-order valence-electron chi connectivity index (χ3n) is 7.38. The maximum absolute atomic E-state index is 13.1. The molecule has 39 heavy (non-hydrogen) atoms. The van der Waals surface area contributed by atoms with E-state index < -0.39 is 10.0 Å². The van der Waals surface area contributed by atoms with Crippen molar-refractivity contribution in [2.75, 3.05) is 76.9 Å². The first kappa shape index (κ1) is 26.6. The third-order valence-corrected chi connectivity index (χ3v) is 10.4. The van der Waals surface area contributed by atoms with Crippen LogP contribution < -0.4 is 4.90 Å². The molecule has 6 rings (SSSR count). The maximum atomic E-state index is 13.1. The maximum Gasteiger partial charge on any atom is 0.214 e. The number of H-pyrrole nitrogens is 1. The van der Waals surface area contributed by atoms with Crippen LogP contribution in [0.1, 0.15) is 11.3 Å². The number of nitrogens with zero attached hydrogens (tertiary/aromatic N) is 5. The zero-order valence-electron chi connectivity index (χ0n) is 22.1. The van der Waals surface area contributed by atoms with Crippen LogP contribution in [-0.2, 0) is 26.0 Å². The summed E-state index contributed by atoms with van der Waals surface area (Å²) in [6.45, 7) is 7.06. The number of hydrogen-bond donors (Lipinski definition) is 1. The Labute approximate surface area is 232 Å². The summed E-state index contributed by atoms with van der Waals surface area (Å²) in [5, 5.41) is 1.07. The molecule has 0 amide bonds. The second-order valence-corrected chi connectivity index (χ2v) is 13.4. The highest BCUT2D eigenvalue weighted by Gasteiger charge is 2.24. The van der Waals surface area contributed by atoms with Gasteiger partial charge in [0, 0.05) is 67.3 Å². The number of rotatable bonds is 9. The number of morpholine rings is 2.